The van der Waals surface area contributed by atoms with Crippen LogP contribution in [0.1, 0.15) is 304 Å². The second-order valence-corrected chi connectivity index (χ2v) is 25.2. The van der Waals surface area contributed by atoms with Crippen molar-refractivity contribution in [2.45, 2.75) is 323 Å². The smallest absolute Gasteiger partial charge is 0.462 e. The zero-order valence-electron chi connectivity index (χ0n) is 51.2. The van der Waals surface area contributed by atoms with Crippen LogP contribution in [0.5, 0.6) is 0 Å². The summed E-state index contributed by atoms with van der Waals surface area (Å²) >= 11 is 0. The molecule has 0 amide bonds. The second-order valence-electron chi connectivity index (χ2n) is 22.3. The molecule has 0 aromatic heterocycles. The summed E-state index contributed by atoms with van der Waals surface area (Å²) in [5, 5.41) is 10.5. The molecular weight excluding hydrogens is 1070 g/mol. The third kappa shape index (κ3) is 54.0. The van der Waals surface area contributed by atoms with Gasteiger partial charge in [-0.15, -0.1) is 0 Å². The van der Waals surface area contributed by atoms with E-state index in [1.165, 1.54) is 116 Å². The van der Waals surface area contributed by atoms with E-state index in [1.54, 1.807) is 0 Å². The number of unbranched alkanes of at least 4 members (excludes halogenated alkanes) is 32. The fourth-order valence-corrected chi connectivity index (χ4v) is 10.6. The fraction of sp³-hybridized carbons (Fsp3) is 0.934. The Kier molecular flexibility index (Phi) is 53.6. The number of aliphatic hydroxyl groups is 1. The molecule has 0 radical (unpaired) electrons. The van der Waals surface area contributed by atoms with Crippen LogP contribution in [0, 0.1) is 5.92 Å². The number of carbonyl (C=O) groups is 4. The monoisotopic (exact) mass is 1180 g/mol. The van der Waals surface area contributed by atoms with Crippen LogP contribution in [0.2, 0.25) is 0 Å². The summed E-state index contributed by atoms with van der Waals surface area (Å²) in [7, 11) is -9.87. The summed E-state index contributed by atoms with van der Waals surface area (Å²) in [5.41, 5.74) is 0. The van der Waals surface area contributed by atoms with Gasteiger partial charge in [0.2, 0.25) is 0 Å². The lowest BCUT2D eigenvalue weighted by Gasteiger charge is -2.21. The topological polar surface area (TPSA) is 237 Å². The molecule has 0 saturated heterocycles. The maximum absolute atomic E-state index is 12.9. The number of phosphoric ester groups is 2. The molecule has 0 aromatic carbocycles. The number of carbonyl (C=O) groups excluding carboxylic acids is 4. The van der Waals surface area contributed by atoms with E-state index in [-0.39, 0.29) is 25.7 Å². The van der Waals surface area contributed by atoms with E-state index in [1.807, 2.05) is 0 Å². The average molecular weight is 1190 g/mol. The van der Waals surface area contributed by atoms with Crippen LogP contribution in [0.4, 0.5) is 0 Å². The highest BCUT2D eigenvalue weighted by Crippen LogP contribution is 2.45. The van der Waals surface area contributed by atoms with Crippen molar-refractivity contribution < 1.29 is 80.2 Å². The van der Waals surface area contributed by atoms with Gasteiger partial charge in [0.25, 0.3) is 0 Å². The van der Waals surface area contributed by atoms with Gasteiger partial charge in [-0.2, -0.15) is 0 Å². The molecule has 474 valence electrons. The van der Waals surface area contributed by atoms with E-state index in [4.69, 9.17) is 37.0 Å². The van der Waals surface area contributed by atoms with E-state index in [0.717, 1.165) is 109 Å². The van der Waals surface area contributed by atoms with Gasteiger partial charge in [-0.3, -0.25) is 37.3 Å². The molecule has 0 aliphatic heterocycles. The molecule has 19 heteroatoms. The quantitative estimate of drug-likeness (QED) is 0.0222. The Bertz CT molecular complexity index is 1570. The van der Waals surface area contributed by atoms with Gasteiger partial charge in [-0.25, -0.2) is 9.13 Å². The Balaban J connectivity index is 5.22. The maximum Gasteiger partial charge on any atom is 0.472 e. The van der Waals surface area contributed by atoms with Gasteiger partial charge < -0.3 is 33.8 Å². The number of ether oxygens (including phenoxy) is 4. The summed E-state index contributed by atoms with van der Waals surface area (Å²) < 4.78 is 67.8. The molecule has 0 aliphatic carbocycles. The zero-order valence-corrected chi connectivity index (χ0v) is 53.0. The molecular formula is C61H118O17P2. The van der Waals surface area contributed by atoms with Crippen LogP contribution < -0.4 is 0 Å². The van der Waals surface area contributed by atoms with Crippen LogP contribution in [0.25, 0.3) is 0 Å². The van der Waals surface area contributed by atoms with Crippen LogP contribution in [0.3, 0.4) is 0 Å². The molecule has 80 heavy (non-hydrogen) atoms. The first kappa shape index (κ1) is 78.1. The number of hydrogen-bond donors (Lipinski definition) is 3. The minimum absolute atomic E-state index is 0.105. The van der Waals surface area contributed by atoms with Crippen LogP contribution in [-0.2, 0) is 65.4 Å². The number of hydrogen-bond acceptors (Lipinski definition) is 15. The number of aliphatic hydroxyl groups excluding tert-OH is 1. The molecule has 3 N–H and O–H groups in total. The Morgan fingerprint density at radius 1 is 0.350 bits per heavy atom. The minimum Gasteiger partial charge on any atom is -0.462 e. The summed E-state index contributed by atoms with van der Waals surface area (Å²) in [6.07, 6.45) is 37.5. The highest BCUT2D eigenvalue weighted by atomic mass is 31.2. The molecule has 0 spiro atoms. The Labute approximate surface area is 486 Å². The first-order chi connectivity index (χ1) is 38.6. The van der Waals surface area contributed by atoms with Crippen LogP contribution in [-0.4, -0.2) is 96.7 Å². The Morgan fingerprint density at radius 2 is 0.600 bits per heavy atom. The van der Waals surface area contributed by atoms with Gasteiger partial charge in [0.05, 0.1) is 26.4 Å². The molecule has 6 atom stereocenters. The van der Waals surface area contributed by atoms with Crippen molar-refractivity contribution in [3.8, 4) is 0 Å². The maximum atomic E-state index is 12.9. The lowest BCUT2D eigenvalue weighted by molar-refractivity contribution is -0.161. The second kappa shape index (κ2) is 55.0. The van der Waals surface area contributed by atoms with Crippen molar-refractivity contribution in [2.24, 2.45) is 5.92 Å². The number of phosphoric acid groups is 2. The van der Waals surface area contributed by atoms with Crippen LogP contribution >= 0.6 is 15.6 Å². The van der Waals surface area contributed by atoms with Gasteiger partial charge in [-0.1, -0.05) is 253 Å². The van der Waals surface area contributed by atoms with Crippen molar-refractivity contribution in [3.63, 3.8) is 0 Å². The number of rotatable bonds is 61. The third-order valence-corrected chi connectivity index (χ3v) is 16.3. The van der Waals surface area contributed by atoms with E-state index in [9.17, 15) is 43.2 Å². The van der Waals surface area contributed by atoms with E-state index < -0.39 is 97.5 Å². The minimum atomic E-state index is -4.94. The molecule has 0 rings (SSSR count). The summed E-state index contributed by atoms with van der Waals surface area (Å²) in [6.45, 7) is 7.12. The Morgan fingerprint density at radius 3 is 0.887 bits per heavy atom. The summed E-state index contributed by atoms with van der Waals surface area (Å²) in [6, 6.07) is 0. The first-order valence-corrected chi connectivity index (χ1v) is 35.2. The van der Waals surface area contributed by atoms with Crippen molar-refractivity contribution in [1.29, 1.82) is 0 Å². The third-order valence-electron chi connectivity index (χ3n) is 14.4. The van der Waals surface area contributed by atoms with Crippen molar-refractivity contribution in [3.05, 3.63) is 0 Å². The van der Waals surface area contributed by atoms with Gasteiger partial charge >= 0.3 is 39.5 Å². The van der Waals surface area contributed by atoms with Crippen molar-refractivity contribution in [2.75, 3.05) is 39.6 Å². The average Bonchev–Trinajstić information content (AvgIpc) is 3.43. The van der Waals surface area contributed by atoms with E-state index in [0.29, 0.717) is 25.7 Å². The lowest BCUT2D eigenvalue weighted by atomic mass is 9.99. The predicted octanol–water partition coefficient (Wildman–Crippen LogP) is 16.6. The lowest BCUT2D eigenvalue weighted by Crippen LogP contribution is -2.30. The SMILES string of the molecule is CCCCCCCCCCCCCC(=O)OC[C@H](COP(=O)(O)OC[C@@H](O)COP(=O)(O)OC[C@@H](COC(=O)CCCCCCCCC)OC(=O)CCCCCCCCCCCC)OC(=O)CCCCCCCCCCC(C)CC. The molecule has 0 aliphatic rings. The zero-order chi connectivity index (χ0) is 59.2. The molecule has 0 heterocycles. The first-order valence-electron chi connectivity index (χ1n) is 32.2. The largest absolute Gasteiger partial charge is 0.472 e. The van der Waals surface area contributed by atoms with Gasteiger partial charge in [-0.05, 0) is 31.6 Å². The van der Waals surface area contributed by atoms with Crippen molar-refractivity contribution in [1.82, 2.24) is 0 Å². The molecule has 3 unspecified atom stereocenters. The van der Waals surface area contributed by atoms with E-state index >= 15 is 0 Å². The van der Waals surface area contributed by atoms with Gasteiger partial charge in [0.15, 0.2) is 12.2 Å². The van der Waals surface area contributed by atoms with Crippen LogP contribution in [0.15, 0.2) is 0 Å². The molecule has 17 nitrogen and oxygen atoms in total. The summed E-state index contributed by atoms with van der Waals surface area (Å²) in [4.78, 5) is 71.9. The molecule has 0 aromatic rings. The molecule has 0 fully saturated rings. The van der Waals surface area contributed by atoms with E-state index in [2.05, 4.69) is 34.6 Å². The highest BCUT2D eigenvalue weighted by Gasteiger charge is 2.30. The van der Waals surface area contributed by atoms with Crippen molar-refractivity contribution >= 4 is 39.5 Å². The molecule has 0 bridgehead atoms. The predicted molar refractivity (Wildman–Crippen MR) is 317 cm³/mol. The number of esters is 4. The summed E-state index contributed by atoms with van der Waals surface area (Å²) in [5.74, 6) is -1.37. The van der Waals surface area contributed by atoms with Gasteiger partial charge in [0.1, 0.15) is 19.3 Å². The fourth-order valence-electron chi connectivity index (χ4n) is 9.02. The van der Waals surface area contributed by atoms with Gasteiger partial charge in [0, 0.05) is 25.7 Å². The molecule has 0 saturated carbocycles. The standard InChI is InChI=1S/C61H118O17P2/c1-6-10-13-16-19-21-23-25-30-35-40-45-59(64)72-51-57(78-61(66)47-42-37-32-27-26-29-33-38-43-54(5)9-4)53-76-80(69,70)74-49-55(62)48-73-79(67,68)75-52-56(50-71-58(63)44-39-34-28-18-15-12-8-3)77-60(65)46-41-36-31-24-22-20-17-14-11-7-2/h54-57,62H,6-53H2,1-5H3,(H,67,68)(H,69,70)/t54?,55-,56+,57+/m0/s1. The highest BCUT2D eigenvalue weighted by molar-refractivity contribution is 7.47. The Hall–Kier alpha value is -1.94. The normalized spacial score (nSPS) is 14.7.